The fourth-order valence-electron chi connectivity index (χ4n) is 4.25. The van der Waals surface area contributed by atoms with Gasteiger partial charge in [0.15, 0.2) is 11.4 Å². The predicted molar refractivity (Wildman–Crippen MR) is 135 cm³/mol. The van der Waals surface area contributed by atoms with Crippen molar-refractivity contribution < 1.29 is 18.3 Å². The maximum atomic E-state index is 14.2. The zero-order valence-electron chi connectivity index (χ0n) is 20.7. The molecular formula is C28H25FN4O3. The highest BCUT2D eigenvalue weighted by molar-refractivity contribution is 5.95. The number of aryl methyl sites for hydroxylation is 1. The maximum Gasteiger partial charge on any atom is 0.337 e. The number of nitrogens with zero attached hydrogens (tertiary/aromatic N) is 4. The maximum absolute atomic E-state index is 14.2. The monoisotopic (exact) mass is 484 g/mol. The Morgan fingerprint density at radius 1 is 1.03 bits per heavy atom. The number of halogens is 1. The minimum atomic E-state index is -0.429. The first kappa shape index (κ1) is 23.4. The summed E-state index contributed by atoms with van der Waals surface area (Å²) in [7, 11) is 3.17. The molecule has 0 spiro atoms. The van der Waals surface area contributed by atoms with Gasteiger partial charge in [-0.15, -0.1) is 10.2 Å². The molecule has 0 saturated carbocycles. The van der Waals surface area contributed by atoms with Crippen LogP contribution in [0.4, 0.5) is 4.39 Å². The number of aromatic nitrogens is 4. The highest BCUT2D eigenvalue weighted by atomic mass is 19.1. The molecule has 0 bridgehead atoms. The van der Waals surface area contributed by atoms with Crippen molar-refractivity contribution in [2.45, 2.75) is 26.2 Å². The van der Waals surface area contributed by atoms with Gasteiger partial charge in [-0.05, 0) is 52.9 Å². The van der Waals surface area contributed by atoms with Crippen LogP contribution in [0.5, 0.6) is 0 Å². The summed E-state index contributed by atoms with van der Waals surface area (Å²) in [4.78, 5) is 17.0. The van der Waals surface area contributed by atoms with Crippen LogP contribution in [0.2, 0.25) is 0 Å². The molecule has 2 aromatic heterocycles. The third-order valence-corrected chi connectivity index (χ3v) is 6.07. The molecule has 0 fully saturated rings. The minimum absolute atomic E-state index is 0.292. The Bertz CT molecular complexity index is 1610. The van der Waals surface area contributed by atoms with Crippen LogP contribution in [-0.2, 0) is 17.2 Å². The number of fused-ring (bicyclic) bond motifs is 1. The molecule has 8 heteroatoms. The van der Waals surface area contributed by atoms with Gasteiger partial charge in [-0.1, -0.05) is 39.0 Å². The average molecular weight is 485 g/mol. The molecule has 0 N–H and O–H groups in total. The van der Waals surface area contributed by atoms with E-state index in [0.717, 1.165) is 22.3 Å². The Morgan fingerprint density at radius 2 is 1.81 bits per heavy atom. The average Bonchev–Trinajstić information content (AvgIpc) is 3.48. The third kappa shape index (κ3) is 4.15. The zero-order chi connectivity index (χ0) is 25.6. The molecule has 5 rings (SSSR count). The van der Waals surface area contributed by atoms with E-state index in [4.69, 9.17) is 14.1 Å². The number of carbonyl (C=O) groups is 1. The van der Waals surface area contributed by atoms with Crippen LogP contribution in [0.1, 0.15) is 36.7 Å². The molecule has 0 radical (unpaired) electrons. The molecule has 0 unspecified atom stereocenters. The number of ether oxygens (including phenoxy) is 1. The standard InChI is InChI=1S/C28H25FN4O3/c1-28(2,3)22-12-18(27(34)35-5)13-23-24(22)36-26(31-23)17-8-6-7-16(11-17)20-10-9-19(29)14-21(20)25-32-30-15-33(25)4/h6-15H,1-5H3. The molecular weight excluding hydrogens is 459 g/mol. The van der Waals surface area contributed by atoms with Crippen molar-refractivity contribution in [2.24, 2.45) is 7.05 Å². The molecule has 2 heterocycles. The lowest BCUT2D eigenvalue weighted by Gasteiger charge is -2.19. The van der Waals surface area contributed by atoms with Crippen LogP contribution in [-0.4, -0.2) is 32.8 Å². The van der Waals surface area contributed by atoms with Gasteiger partial charge in [0.1, 0.15) is 17.7 Å². The largest absolute Gasteiger partial charge is 0.465 e. The van der Waals surface area contributed by atoms with Crippen molar-refractivity contribution in [3.05, 3.63) is 77.9 Å². The van der Waals surface area contributed by atoms with Gasteiger partial charge in [0, 0.05) is 23.7 Å². The number of hydrogen-bond donors (Lipinski definition) is 0. The molecule has 36 heavy (non-hydrogen) atoms. The summed E-state index contributed by atoms with van der Waals surface area (Å²) < 4.78 is 27.1. The predicted octanol–water partition coefficient (Wildman–Crippen LogP) is 6.18. The SMILES string of the molecule is COC(=O)c1cc(C(C)(C)C)c2oc(-c3cccc(-c4ccc(F)cc4-c4nncn4C)c3)nc2c1. The first-order valence-electron chi connectivity index (χ1n) is 11.4. The second-order valence-electron chi connectivity index (χ2n) is 9.67. The van der Waals surface area contributed by atoms with Gasteiger partial charge < -0.3 is 13.7 Å². The number of methoxy groups -OCH3 is 1. The van der Waals surface area contributed by atoms with Gasteiger partial charge in [-0.2, -0.15) is 0 Å². The fourth-order valence-corrected chi connectivity index (χ4v) is 4.25. The quantitative estimate of drug-likeness (QED) is 0.283. The Morgan fingerprint density at radius 3 is 2.50 bits per heavy atom. The first-order chi connectivity index (χ1) is 17.2. The number of oxazole rings is 1. The number of esters is 1. The van der Waals surface area contributed by atoms with Crippen LogP contribution in [0.15, 0.2) is 65.3 Å². The molecule has 5 aromatic rings. The molecule has 182 valence electrons. The summed E-state index contributed by atoms with van der Waals surface area (Å²) in [6, 6.07) is 15.8. The summed E-state index contributed by atoms with van der Waals surface area (Å²) in [5, 5.41) is 8.10. The van der Waals surface area contributed by atoms with Gasteiger partial charge in [0.25, 0.3) is 0 Å². The van der Waals surface area contributed by atoms with Gasteiger partial charge >= 0.3 is 5.97 Å². The summed E-state index contributed by atoms with van der Waals surface area (Å²) in [5.41, 5.74) is 5.20. The Labute approximate surface area is 207 Å². The van der Waals surface area contributed by atoms with Crippen molar-refractivity contribution in [2.75, 3.05) is 7.11 Å². The van der Waals surface area contributed by atoms with Crippen molar-refractivity contribution in [1.29, 1.82) is 0 Å². The highest BCUT2D eigenvalue weighted by Crippen LogP contribution is 2.37. The Kier molecular flexibility index (Phi) is 5.67. The summed E-state index contributed by atoms with van der Waals surface area (Å²) in [6.45, 7) is 6.15. The topological polar surface area (TPSA) is 83.0 Å². The van der Waals surface area contributed by atoms with E-state index in [1.165, 1.54) is 19.2 Å². The van der Waals surface area contributed by atoms with Crippen molar-refractivity contribution >= 4 is 17.1 Å². The van der Waals surface area contributed by atoms with E-state index in [-0.39, 0.29) is 11.2 Å². The summed E-state index contributed by atoms with van der Waals surface area (Å²) >= 11 is 0. The second-order valence-corrected chi connectivity index (χ2v) is 9.67. The van der Waals surface area contributed by atoms with E-state index >= 15 is 0 Å². The van der Waals surface area contributed by atoms with Crippen LogP contribution in [0.3, 0.4) is 0 Å². The minimum Gasteiger partial charge on any atom is -0.465 e. The first-order valence-corrected chi connectivity index (χ1v) is 11.4. The number of benzene rings is 3. The normalized spacial score (nSPS) is 11.7. The van der Waals surface area contributed by atoms with Crippen LogP contribution in [0, 0.1) is 5.82 Å². The van der Waals surface area contributed by atoms with E-state index in [1.54, 1.807) is 29.1 Å². The van der Waals surface area contributed by atoms with E-state index < -0.39 is 5.97 Å². The van der Waals surface area contributed by atoms with E-state index in [1.807, 2.05) is 52.1 Å². The number of carbonyl (C=O) groups excluding carboxylic acids is 1. The second kappa shape index (κ2) is 8.71. The molecule has 0 saturated heterocycles. The lowest BCUT2D eigenvalue weighted by molar-refractivity contribution is 0.0600. The molecule has 0 amide bonds. The van der Waals surface area contributed by atoms with Gasteiger partial charge in [0.2, 0.25) is 5.89 Å². The van der Waals surface area contributed by atoms with Crippen molar-refractivity contribution in [1.82, 2.24) is 19.7 Å². The zero-order valence-corrected chi connectivity index (χ0v) is 20.7. The smallest absolute Gasteiger partial charge is 0.337 e. The van der Waals surface area contributed by atoms with E-state index in [0.29, 0.717) is 33.9 Å². The molecule has 0 aliphatic heterocycles. The molecule has 3 aromatic carbocycles. The van der Waals surface area contributed by atoms with E-state index in [2.05, 4.69) is 10.2 Å². The lowest BCUT2D eigenvalue weighted by atomic mass is 9.85. The lowest BCUT2D eigenvalue weighted by Crippen LogP contribution is -2.13. The molecule has 0 aliphatic carbocycles. The highest BCUT2D eigenvalue weighted by Gasteiger charge is 2.24. The van der Waals surface area contributed by atoms with Gasteiger partial charge in [0.05, 0.1) is 12.7 Å². The van der Waals surface area contributed by atoms with Crippen molar-refractivity contribution in [3.8, 4) is 34.0 Å². The number of hydrogen-bond acceptors (Lipinski definition) is 6. The van der Waals surface area contributed by atoms with Gasteiger partial charge in [-0.3, -0.25) is 0 Å². The summed E-state index contributed by atoms with van der Waals surface area (Å²) in [6.07, 6.45) is 1.58. The van der Waals surface area contributed by atoms with Crippen LogP contribution < -0.4 is 0 Å². The Hall–Kier alpha value is -4.33. The van der Waals surface area contributed by atoms with E-state index in [9.17, 15) is 9.18 Å². The molecule has 0 aliphatic rings. The van der Waals surface area contributed by atoms with Crippen LogP contribution >= 0.6 is 0 Å². The molecule has 7 nitrogen and oxygen atoms in total. The fraction of sp³-hybridized carbons (Fsp3) is 0.214. The molecule has 0 atom stereocenters. The van der Waals surface area contributed by atoms with Gasteiger partial charge in [-0.25, -0.2) is 14.2 Å². The summed E-state index contributed by atoms with van der Waals surface area (Å²) in [5.74, 6) is 0.188. The third-order valence-electron chi connectivity index (χ3n) is 6.07. The Balaban J connectivity index is 1.65. The number of rotatable bonds is 4. The van der Waals surface area contributed by atoms with Crippen molar-refractivity contribution in [3.63, 3.8) is 0 Å². The van der Waals surface area contributed by atoms with Crippen LogP contribution in [0.25, 0.3) is 45.1 Å².